The van der Waals surface area contributed by atoms with E-state index in [2.05, 4.69) is 38.7 Å². The summed E-state index contributed by atoms with van der Waals surface area (Å²) in [4.78, 5) is 20.3. The highest BCUT2D eigenvalue weighted by molar-refractivity contribution is 8.01. The molecule has 0 aliphatic carbocycles. The summed E-state index contributed by atoms with van der Waals surface area (Å²) in [5.74, 6) is 0.297. The van der Waals surface area contributed by atoms with Gasteiger partial charge in [-0.15, -0.1) is 11.8 Å². The average molecular weight is 313 g/mol. The first-order valence-electron chi connectivity index (χ1n) is 7.82. The quantitative estimate of drug-likeness (QED) is 0.855. The van der Waals surface area contributed by atoms with Crippen LogP contribution in [0.2, 0.25) is 0 Å². The zero-order valence-corrected chi connectivity index (χ0v) is 13.2. The summed E-state index contributed by atoms with van der Waals surface area (Å²) in [6.45, 7) is 1.69. The van der Waals surface area contributed by atoms with Gasteiger partial charge in [0.25, 0.3) is 0 Å². The molecule has 2 aromatic rings. The SMILES string of the molecule is O=C(C1Cc2ccccc2S1)N1CCCC(n2ccnc2)C1. The van der Waals surface area contributed by atoms with Gasteiger partial charge in [-0.3, -0.25) is 4.79 Å². The molecular weight excluding hydrogens is 294 g/mol. The van der Waals surface area contributed by atoms with Gasteiger partial charge in [-0.1, -0.05) is 18.2 Å². The third-order valence-electron chi connectivity index (χ3n) is 4.58. The standard InChI is InChI=1S/C17H19N3OS/c21-17(16-10-13-4-1-2-6-15(13)22-16)19-8-3-5-14(11-19)20-9-7-18-12-20/h1-2,4,6-7,9,12,14,16H,3,5,8,10-11H2. The van der Waals surface area contributed by atoms with Gasteiger partial charge in [0.15, 0.2) is 0 Å². The largest absolute Gasteiger partial charge is 0.340 e. The monoisotopic (exact) mass is 313 g/mol. The van der Waals surface area contributed by atoms with Crippen LogP contribution in [0.25, 0.3) is 0 Å². The van der Waals surface area contributed by atoms with E-state index in [4.69, 9.17) is 0 Å². The van der Waals surface area contributed by atoms with Gasteiger partial charge in [0, 0.05) is 30.4 Å². The molecule has 0 saturated carbocycles. The van der Waals surface area contributed by atoms with Crippen LogP contribution in [0, 0.1) is 0 Å². The number of carbonyl (C=O) groups is 1. The highest BCUT2D eigenvalue weighted by Gasteiger charge is 2.33. The number of hydrogen-bond donors (Lipinski definition) is 0. The van der Waals surface area contributed by atoms with E-state index in [9.17, 15) is 4.79 Å². The summed E-state index contributed by atoms with van der Waals surface area (Å²) < 4.78 is 2.13. The molecule has 1 aromatic carbocycles. The summed E-state index contributed by atoms with van der Waals surface area (Å²) in [7, 11) is 0. The first kappa shape index (κ1) is 13.9. The maximum atomic E-state index is 12.9. The van der Waals surface area contributed by atoms with E-state index in [0.717, 1.165) is 32.4 Å². The number of fused-ring (bicyclic) bond motifs is 1. The zero-order chi connectivity index (χ0) is 14.9. The molecule has 1 amide bonds. The van der Waals surface area contributed by atoms with E-state index in [0.29, 0.717) is 11.9 Å². The fraction of sp³-hybridized carbons (Fsp3) is 0.412. The summed E-state index contributed by atoms with van der Waals surface area (Å²) in [6.07, 6.45) is 8.73. The summed E-state index contributed by atoms with van der Waals surface area (Å²) in [5.41, 5.74) is 1.31. The molecule has 5 heteroatoms. The molecule has 1 fully saturated rings. The number of likely N-dealkylation sites (tertiary alicyclic amines) is 1. The maximum absolute atomic E-state index is 12.9. The van der Waals surface area contributed by atoms with Crippen LogP contribution in [0.4, 0.5) is 0 Å². The van der Waals surface area contributed by atoms with Gasteiger partial charge in [-0.2, -0.15) is 0 Å². The summed E-state index contributed by atoms with van der Waals surface area (Å²) in [5, 5.41) is 0.0546. The van der Waals surface area contributed by atoms with E-state index in [1.807, 2.05) is 18.7 Å². The van der Waals surface area contributed by atoms with Crippen molar-refractivity contribution in [1.29, 1.82) is 0 Å². The van der Waals surface area contributed by atoms with Gasteiger partial charge in [0.05, 0.1) is 17.6 Å². The number of thioether (sulfide) groups is 1. The molecule has 4 rings (SSSR count). The number of aromatic nitrogens is 2. The first-order valence-corrected chi connectivity index (χ1v) is 8.70. The lowest BCUT2D eigenvalue weighted by Gasteiger charge is -2.34. The van der Waals surface area contributed by atoms with Crippen molar-refractivity contribution in [3.05, 3.63) is 48.5 Å². The molecule has 22 heavy (non-hydrogen) atoms. The van der Waals surface area contributed by atoms with Crippen molar-refractivity contribution in [2.45, 2.75) is 35.4 Å². The Morgan fingerprint density at radius 3 is 3.05 bits per heavy atom. The van der Waals surface area contributed by atoms with Gasteiger partial charge in [0.2, 0.25) is 5.91 Å². The van der Waals surface area contributed by atoms with E-state index < -0.39 is 0 Å². The van der Waals surface area contributed by atoms with Crippen LogP contribution in [0.1, 0.15) is 24.4 Å². The van der Waals surface area contributed by atoms with Crippen molar-refractivity contribution in [3.8, 4) is 0 Å². The Morgan fingerprint density at radius 1 is 1.32 bits per heavy atom. The lowest BCUT2D eigenvalue weighted by Crippen LogP contribution is -2.44. The van der Waals surface area contributed by atoms with Gasteiger partial charge in [-0.25, -0.2) is 4.98 Å². The predicted octanol–water partition coefficient (Wildman–Crippen LogP) is 2.76. The smallest absolute Gasteiger partial charge is 0.236 e. The molecule has 2 aliphatic rings. The topological polar surface area (TPSA) is 38.1 Å². The number of carbonyl (C=O) groups excluding carboxylic acids is 1. The number of imidazole rings is 1. The Kier molecular flexibility index (Phi) is 3.66. The molecule has 2 atom stereocenters. The second-order valence-electron chi connectivity index (χ2n) is 6.01. The van der Waals surface area contributed by atoms with E-state index in [1.165, 1.54) is 10.5 Å². The van der Waals surface area contributed by atoms with Crippen molar-refractivity contribution < 1.29 is 4.79 Å². The molecule has 0 N–H and O–H groups in total. The molecule has 2 unspecified atom stereocenters. The Balaban J connectivity index is 1.45. The predicted molar refractivity (Wildman–Crippen MR) is 86.9 cm³/mol. The minimum atomic E-state index is 0.0546. The molecule has 114 valence electrons. The number of piperidine rings is 1. The zero-order valence-electron chi connectivity index (χ0n) is 12.4. The normalized spacial score (nSPS) is 24.3. The molecule has 2 aliphatic heterocycles. The number of hydrogen-bond acceptors (Lipinski definition) is 3. The van der Waals surface area contributed by atoms with E-state index >= 15 is 0 Å². The van der Waals surface area contributed by atoms with Crippen molar-refractivity contribution in [3.63, 3.8) is 0 Å². The summed E-state index contributed by atoms with van der Waals surface area (Å²) >= 11 is 1.73. The molecule has 0 radical (unpaired) electrons. The Bertz CT molecular complexity index is 645. The Hall–Kier alpha value is -1.75. The third-order valence-corrected chi connectivity index (χ3v) is 5.88. The molecule has 0 spiro atoms. The van der Waals surface area contributed by atoms with Crippen LogP contribution >= 0.6 is 11.8 Å². The van der Waals surface area contributed by atoms with E-state index in [-0.39, 0.29) is 5.25 Å². The van der Waals surface area contributed by atoms with Crippen molar-refractivity contribution in [2.24, 2.45) is 0 Å². The number of benzene rings is 1. The van der Waals surface area contributed by atoms with Gasteiger partial charge < -0.3 is 9.47 Å². The molecule has 3 heterocycles. The van der Waals surface area contributed by atoms with Crippen LogP contribution < -0.4 is 0 Å². The lowest BCUT2D eigenvalue weighted by molar-refractivity contribution is -0.132. The van der Waals surface area contributed by atoms with Crippen molar-refractivity contribution in [1.82, 2.24) is 14.5 Å². The number of nitrogens with zero attached hydrogens (tertiary/aromatic N) is 3. The number of amides is 1. The van der Waals surface area contributed by atoms with Crippen LogP contribution in [-0.2, 0) is 11.2 Å². The minimum absolute atomic E-state index is 0.0546. The fourth-order valence-corrected chi connectivity index (χ4v) is 4.69. The van der Waals surface area contributed by atoms with Crippen molar-refractivity contribution in [2.75, 3.05) is 13.1 Å². The maximum Gasteiger partial charge on any atom is 0.236 e. The van der Waals surface area contributed by atoms with Crippen LogP contribution in [-0.4, -0.2) is 38.7 Å². The lowest BCUT2D eigenvalue weighted by atomic mass is 10.0. The third kappa shape index (κ3) is 2.54. The number of rotatable bonds is 2. The summed E-state index contributed by atoms with van der Waals surface area (Å²) in [6, 6.07) is 8.74. The molecule has 4 nitrogen and oxygen atoms in total. The van der Waals surface area contributed by atoms with Crippen molar-refractivity contribution >= 4 is 17.7 Å². The minimum Gasteiger partial charge on any atom is -0.340 e. The second-order valence-corrected chi connectivity index (χ2v) is 7.25. The van der Waals surface area contributed by atoms with Crippen LogP contribution in [0.15, 0.2) is 47.9 Å². The first-order chi connectivity index (χ1) is 10.8. The average Bonchev–Trinajstić information content (AvgIpc) is 3.23. The Labute approximate surface area is 134 Å². The van der Waals surface area contributed by atoms with Gasteiger partial charge >= 0.3 is 0 Å². The van der Waals surface area contributed by atoms with Crippen LogP contribution in [0.3, 0.4) is 0 Å². The molecule has 1 saturated heterocycles. The highest BCUT2D eigenvalue weighted by Crippen LogP contribution is 2.38. The van der Waals surface area contributed by atoms with E-state index in [1.54, 1.807) is 11.8 Å². The highest BCUT2D eigenvalue weighted by atomic mass is 32.2. The van der Waals surface area contributed by atoms with Gasteiger partial charge in [0.1, 0.15) is 0 Å². The molecule has 1 aromatic heterocycles. The fourth-order valence-electron chi connectivity index (χ4n) is 3.41. The van der Waals surface area contributed by atoms with Crippen LogP contribution in [0.5, 0.6) is 0 Å². The van der Waals surface area contributed by atoms with Gasteiger partial charge in [-0.05, 0) is 30.9 Å². The Morgan fingerprint density at radius 2 is 2.23 bits per heavy atom. The second kappa shape index (κ2) is 5.80. The molecular formula is C17H19N3OS. The molecule has 0 bridgehead atoms.